The van der Waals surface area contributed by atoms with E-state index in [1.165, 1.54) is 17.7 Å². The van der Waals surface area contributed by atoms with E-state index in [-0.39, 0.29) is 30.0 Å². The molecule has 0 saturated carbocycles. The first kappa shape index (κ1) is 18.7. The topological polar surface area (TPSA) is 41.1 Å². The third-order valence-electron chi connectivity index (χ3n) is 3.85. The first-order valence-electron chi connectivity index (χ1n) is 7.56. The van der Waals surface area contributed by atoms with Crippen molar-refractivity contribution in [3.63, 3.8) is 0 Å². The molecule has 0 spiro atoms. The van der Waals surface area contributed by atoms with Crippen molar-refractivity contribution >= 4 is 18.3 Å². The molecule has 1 aromatic rings. The van der Waals surface area contributed by atoms with Gasteiger partial charge in [0.05, 0.1) is 0 Å². The van der Waals surface area contributed by atoms with Crippen LogP contribution in [0.25, 0.3) is 0 Å². The van der Waals surface area contributed by atoms with Crippen LogP contribution < -0.4 is 10.6 Å². The molecule has 1 atom stereocenters. The van der Waals surface area contributed by atoms with Crippen molar-refractivity contribution in [2.24, 2.45) is 5.92 Å². The lowest BCUT2D eigenvalue weighted by Crippen LogP contribution is -2.33. The van der Waals surface area contributed by atoms with Crippen LogP contribution in [0.3, 0.4) is 0 Å². The Morgan fingerprint density at radius 2 is 2.27 bits per heavy atom. The van der Waals surface area contributed by atoms with Crippen LogP contribution >= 0.6 is 12.4 Å². The molecule has 0 saturated heterocycles. The average molecular weight is 327 g/mol. The predicted octanol–water partition coefficient (Wildman–Crippen LogP) is 2.85. The van der Waals surface area contributed by atoms with Crippen LogP contribution in [0.4, 0.5) is 4.39 Å². The number of aryl methyl sites for hydroxylation is 1. The number of halogens is 2. The third-order valence-corrected chi connectivity index (χ3v) is 3.85. The second-order valence-electron chi connectivity index (χ2n) is 5.60. The van der Waals surface area contributed by atoms with E-state index in [0.29, 0.717) is 6.54 Å². The van der Waals surface area contributed by atoms with Gasteiger partial charge in [-0.15, -0.1) is 12.4 Å². The molecule has 2 rings (SSSR count). The molecule has 0 aliphatic carbocycles. The number of benzene rings is 1. The minimum Gasteiger partial charge on any atom is -0.352 e. The van der Waals surface area contributed by atoms with Crippen LogP contribution in [0.5, 0.6) is 0 Å². The summed E-state index contributed by atoms with van der Waals surface area (Å²) in [7, 11) is 0. The molecule has 5 heteroatoms. The van der Waals surface area contributed by atoms with Gasteiger partial charge < -0.3 is 10.6 Å². The van der Waals surface area contributed by atoms with Crippen LogP contribution in [-0.2, 0) is 11.2 Å². The Morgan fingerprint density at radius 3 is 2.95 bits per heavy atom. The lowest BCUT2D eigenvalue weighted by molar-refractivity contribution is -0.124. The average Bonchev–Trinajstić information content (AvgIpc) is 2.51. The Kier molecular flexibility index (Phi) is 8.13. The number of amides is 1. The van der Waals surface area contributed by atoms with Gasteiger partial charge >= 0.3 is 0 Å². The molecule has 0 radical (unpaired) electrons. The molecule has 3 nitrogen and oxygen atoms in total. The van der Waals surface area contributed by atoms with Crippen molar-refractivity contribution in [2.45, 2.75) is 26.2 Å². The largest absolute Gasteiger partial charge is 0.352 e. The highest BCUT2D eigenvalue weighted by molar-refractivity contribution is 5.85. The maximum Gasteiger partial charge on any atom is 0.223 e. The first-order valence-corrected chi connectivity index (χ1v) is 7.56. The molecular formula is C17H24ClFN2O. The van der Waals surface area contributed by atoms with Gasteiger partial charge in [-0.25, -0.2) is 4.39 Å². The van der Waals surface area contributed by atoms with Gasteiger partial charge in [-0.3, -0.25) is 4.79 Å². The van der Waals surface area contributed by atoms with E-state index < -0.39 is 0 Å². The van der Waals surface area contributed by atoms with E-state index in [1.807, 2.05) is 13.0 Å². The number of nitrogens with one attached hydrogen (secondary N) is 2. The van der Waals surface area contributed by atoms with Gasteiger partial charge in [-0.05, 0) is 43.5 Å². The third kappa shape index (κ3) is 6.16. The highest BCUT2D eigenvalue weighted by atomic mass is 35.5. The van der Waals surface area contributed by atoms with Crippen molar-refractivity contribution in [3.8, 4) is 0 Å². The van der Waals surface area contributed by atoms with E-state index in [9.17, 15) is 9.18 Å². The fourth-order valence-corrected chi connectivity index (χ4v) is 2.41. The maximum absolute atomic E-state index is 13.1. The summed E-state index contributed by atoms with van der Waals surface area (Å²) in [5, 5.41) is 6.24. The monoisotopic (exact) mass is 326 g/mol. The van der Waals surface area contributed by atoms with Crippen LogP contribution in [0.15, 0.2) is 35.9 Å². The number of carbonyl (C=O) groups is 1. The molecule has 1 aliphatic heterocycles. The predicted molar refractivity (Wildman–Crippen MR) is 89.7 cm³/mol. The molecule has 1 aromatic carbocycles. The van der Waals surface area contributed by atoms with Crippen LogP contribution in [0.2, 0.25) is 0 Å². The Hall–Kier alpha value is -1.39. The van der Waals surface area contributed by atoms with Crippen molar-refractivity contribution < 1.29 is 9.18 Å². The van der Waals surface area contributed by atoms with Gasteiger partial charge in [0.15, 0.2) is 0 Å². The zero-order valence-corrected chi connectivity index (χ0v) is 13.7. The van der Waals surface area contributed by atoms with E-state index >= 15 is 0 Å². The minimum atomic E-state index is -0.220. The van der Waals surface area contributed by atoms with E-state index in [4.69, 9.17) is 0 Å². The highest BCUT2D eigenvalue weighted by Crippen LogP contribution is 2.11. The Balaban J connectivity index is 0.00000242. The fraction of sp³-hybridized carbons (Fsp3) is 0.471. The Bertz CT molecular complexity index is 519. The van der Waals surface area contributed by atoms with Gasteiger partial charge in [-0.2, -0.15) is 0 Å². The van der Waals surface area contributed by atoms with Crippen LogP contribution in [-0.4, -0.2) is 25.5 Å². The molecule has 0 bridgehead atoms. The Morgan fingerprint density at radius 1 is 1.45 bits per heavy atom. The summed E-state index contributed by atoms with van der Waals surface area (Å²) < 4.78 is 13.1. The SMILES string of the molecule is CC(CCc1cccc(F)c1)C(=O)NCC1=CCNCC1.Cl. The van der Waals surface area contributed by atoms with Gasteiger partial charge in [0.2, 0.25) is 5.91 Å². The van der Waals surface area contributed by atoms with E-state index in [1.54, 1.807) is 6.07 Å². The summed E-state index contributed by atoms with van der Waals surface area (Å²) in [4.78, 5) is 12.0. The lowest BCUT2D eigenvalue weighted by Gasteiger charge is -2.16. The second-order valence-corrected chi connectivity index (χ2v) is 5.60. The van der Waals surface area contributed by atoms with E-state index in [2.05, 4.69) is 16.7 Å². The molecular weight excluding hydrogens is 303 g/mol. The summed E-state index contributed by atoms with van der Waals surface area (Å²) >= 11 is 0. The Labute approximate surface area is 137 Å². The van der Waals surface area contributed by atoms with Crippen molar-refractivity contribution in [2.75, 3.05) is 19.6 Å². The number of hydrogen-bond donors (Lipinski definition) is 2. The molecule has 1 aliphatic rings. The molecule has 1 heterocycles. The quantitative estimate of drug-likeness (QED) is 0.789. The summed E-state index contributed by atoms with van der Waals surface area (Å²) in [6.07, 6.45) is 4.59. The summed E-state index contributed by atoms with van der Waals surface area (Å²) in [6.45, 7) is 4.44. The number of hydrogen-bond acceptors (Lipinski definition) is 2. The fourth-order valence-electron chi connectivity index (χ4n) is 2.41. The molecule has 2 N–H and O–H groups in total. The lowest BCUT2D eigenvalue weighted by atomic mass is 10.00. The molecule has 22 heavy (non-hydrogen) atoms. The molecule has 122 valence electrons. The normalized spacial score (nSPS) is 15.5. The minimum absolute atomic E-state index is 0. The second kappa shape index (κ2) is 9.59. The zero-order valence-electron chi connectivity index (χ0n) is 12.9. The van der Waals surface area contributed by atoms with Crippen molar-refractivity contribution in [1.29, 1.82) is 0 Å². The van der Waals surface area contributed by atoms with Gasteiger partial charge in [-0.1, -0.05) is 30.7 Å². The molecule has 0 aromatic heterocycles. The van der Waals surface area contributed by atoms with Crippen molar-refractivity contribution in [3.05, 3.63) is 47.3 Å². The number of rotatable bonds is 6. The first-order chi connectivity index (χ1) is 10.1. The highest BCUT2D eigenvalue weighted by Gasteiger charge is 2.13. The maximum atomic E-state index is 13.1. The number of carbonyl (C=O) groups excluding carboxylic acids is 1. The summed E-state index contributed by atoms with van der Waals surface area (Å²) in [5.74, 6) is -0.205. The van der Waals surface area contributed by atoms with Gasteiger partial charge in [0.25, 0.3) is 0 Å². The van der Waals surface area contributed by atoms with Gasteiger partial charge in [0.1, 0.15) is 5.82 Å². The van der Waals surface area contributed by atoms with Crippen LogP contribution in [0.1, 0.15) is 25.3 Å². The molecule has 1 amide bonds. The van der Waals surface area contributed by atoms with E-state index in [0.717, 1.165) is 37.9 Å². The molecule has 1 unspecified atom stereocenters. The summed E-state index contributed by atoms with van der Waals surface area (Å²) in [6, 6.07) is 6.57. The van der Waals surface area contributed by atoms with Gasteiger partial charge in [0, 0.05) is 19.0 Å². The molecule has 0 fully saturated rings. The zero-order chi connectivity index (χ0) is 15.1. The summed E-state index contributed by atoms with van der Waals surface area (Å²) in [5.41, 5.74) is 2.23. The standard InChI is InChI=1S/C17H23FN2O.ClH/c1-13(5-6-14-3-2-4-16(18)11-14)17(21)20-12-15-7-9-19-10-8-15;/h2-4,7,11,13,19H,5-6,8-10,12H2,1H3,(H,20,21);1H. The van der Waals surface area contributed by atoms with Crippen LogP contribution in [0, 0.1) is 11.7 Å². The van der Waals surface area contributed by atoms with Crippen molar-refractivity contribution in [1.82, 2.24) is 10.6 Å². The smallest absolute Gasteiger partial charge is 0.223 e.